The molecule has 0 spiro atoms. The summed E-state index contributed by atoms with van der Waals surface area (Å²) < 4.78 is 0. The second-order valence-electron chi connectivity index (χ2n) is 0.611. The topological polar surface area (TPSA) is 45.3 Å². The SMILES string of the molecule is [CH]1NNON1. The van der Waals surface area contributed by atoms with Crippen molar-refractivity contribution in [2.45, 2.75) is 0 Å². The van der Waals surface area contributed by atoms with Gasteiger partial charge in [0.25, 0.3) is 0 Å². The number of nitrogens with one attached hydrogen (secondary N) is 3. The van der Waals surface area contributed by atoms with Crippen LogP contribution in [0.3, 0.4) is 0 Å². The predicted octanol–water partition coefficient (Wildman–Crippen LogP) is -1.35. The standard InChI is InChI=1S/CH4N3O/c1-2-4-5-3-1/h1-4H. The van der Waals surface area contributed by atoms with Crippen LogP contribution < -0.4 is 16.5 Å². The highest BCUT2D eigenvalue weighted by Gasteiger charge is 1.90. The number of hydrogen-bond donors (Lipinski definition) is 3. The van der Waals surface area contributed by atoms with Crippen LogP contribution in [0.25, 0.3) is 0 Å². The minimum Gasteiger partial charge on any atom is -0.210 e. The monoisotopic (exact) mass is 74.0 g/mol. The molecule has 0 saturated carbocycles. The maximum atomic E-state index is 4.28. The van der Waals surface area contributed by atoms with Gasteiger partial charge < -0.3 is 0 Å². The highest BCUT2D eigenvalue weighted by molar-refractivity contribution is 4.44. The molecule has 1 aliphatic heterocycles. The lowest BCUT2D eigenvalue weighted by molar-refractivity contribution is 0.0155. The molecule has 1 heterocycles. The first-order chi connectivity index (χ1) is 2.50. The van der Waals surface area contributed by atoms with Gasteiger partial charge in [-0.25, -0.2) is 5.43 Å². The molecule has 0 bridgehead atoms. The second kappa shape index (κ2) is 1.32. The average Bonchev–Trinajstić information content (AvgIpc) is 1.76. The normalized spacial score (nSPS) is 24.0. The molecule has 0 amide bonds. The first-order valence-corrected chi connectivity index (χ1v) is 1.24. The number of rotatable bonds is 0. The number of hydroxylamine groups is 1. The Kier molecular flexibility index (Phi) is 0.806. The zero-order valence-electron chi connectivity index (χ0n) is 2.49. The molecule has 0 aromatic heterocycles. The first kappa shape index (κ1) is 3.05. The van der Waals surface area contributed by atoms with E-state index < -0.39 is 0 Å². The molecular weight excluding hydrogens is 70.0 g/mol. The van der Waals surface area contributed by atoms with Crippen LogP contribution in [0.5, 0.6) is 0 Å². The maximum absolute atomic E-state index is 4.28. The molecule has 0 aromatic carbocycles. The van der Waals surface area contributed by atoms with Crippen LogP contribution in [-0.2, 0) is 4.94 Å². The van der Waals surface area contributed by atoms with E-state index in [4.69, 9.17) is 0 Å². The minimum atomic E-state index is 1.53. The van der Waals surface area contributed by atoms with Gasteiger partial charge in [0.15, 0.2) is 0 Å². The van der Waals surface area contributed by atoms with Crippen molar-refractivity contribution >= 4 is 0 Å². The van der Waals surface area contributed by atoms with Crippen molar-refractivity contribution in [1.29, 1.82) is 0 Å². The van der Waals surface area contributed by atoms with Gasteiger partial charge in [0.05, 0.1) is 0 Å². The van der Waals surface area contributed by atoms with Crippen LogP contribution in [-0.4, -0.2) is 0 Å². The third-order valence-corrected chi connectivity index (χ3v) is 0.300. The summed E-state index contributed by atoms with van der Waals surface area (Å²) in [6.07, 6.45) is 0. The number of hydrogen-bond acceptors (Lipinski definition) is 4. The Morgan fingerprint density at radius 2 is 2.60 bits per heavy atom. The van der Waals surface area contributed by atoms with Gasteiger partial charge in [-0.2, -0.15) is 10.4 Å². The third-order valence-electron chi connectivity index (χ3n) is 0.300. The zero-order chi connectivity index (χ0) is 3.54. The molecule has 29 valence electrons. The molecule has 0 unspecified atom stereocenters. The van der Waals surface area contributed by atoms with Gasteiger partial charge >= 0.3 is 0 Å². The molecule has 4 nitrogen and oxygen atoms in total. The zero-order valence-corrected chi connectivity index (χ0v) is 2.49. The van der Waals surface area contributed by atoms with E-state index in [1.807, 2.05) is 0 Å². The quantitative estimate of drug-likeness (QED) is 0.332. The Morgan fingerprint density at radius 3 is 2.80 bits per heavy atom. The van der Waals surface area contributed by atoms with Gasteiger partial charge in [0, 0.05) is 0 Å². The van der Waals surface area contributed by atoms with Gasteiger partial charge in [0.2, 0.25) is 0 Å². The molecule has 1 fully saturated rings. The van der Waals surface area contributed by atoms with Crippen LogP contribution in [0.15, 0.2) is 0 Å². The van der Waals surface area contributed by atoms with Gasteiger partial charge in [-0.1, -0.05) is 0 Å². The van der Waals surface area contributed by atoms with Crippen LogP contribution in [0.2, 0.25) is 0 Å². The van der Waals surface area contributed by atoms with Crippen molar-refractivity contribution in [2.24, 2.45) is 0 Å². The summed E-state index contributed by atoms with van der Waals surface area (Å²) in [5.74, 6) is 0. The van der Waals surface area contributed by atoms with Crippen LogP contribution >= 0.6 is 0 Å². The molecule has 0 aliphatic carbocycles. The first-order valence-electron chi connectivity index (χ1n) is 1.24. The lowest BCUT2D eigenvalue weighted by Gasteiger charge is -1.78. The van der Waals surface area contributed by atoms with Crippen LogP contribution in [0.4, 0.5) is 0 Å². The molecule has 3 N–H and O–H groups in total. The van der Waals surface area contributed by atoms with Crippen LogP contribution in [0.1, 0.15) is 0 Å². The lowest BCUT2D eigenvalue weighted by atomic mass is 11.2. The van der Waals surface area contributed by atoms with E-state index in [9.17, 15) is 0 Å². The molecule has 1 rings (SSSR count). The average molecular weight is 74.1 g/mol. The van der Waals surface area contributed by atoms with Gasteiger partial charge in [-0.05, 0) is 0 Å². The molecule has 0 aromatic rings. The van der Waals surface area contributed by atoms with E-state index >= 15 is 0 Å². The fourth-order valence-corrected chi connectivity index (χ4v) is 0.147. The lowest BCUT2D eigenvalue weighted by Crippen LogP contribution is -2.17. The van der Waals surface area contributed by atoms with E-state index in [-0.39, 0.29) is 0 Å². The van der Waals surface area contributed by atoms with Crippen molar-refractivity contribution in [3.8, 4) is 0 Å². The fourth-order valence-electron chi connectivity index (χ4n) is 0.147. The third kappa shape index (κ3) is 0.555. The number of hydrazine groups is 1. The largest absolute Gasteiger partial charge is 0.210 e. The summed E-state index contributed by atoms with van der Waals surface area (Å²) in [5, 5.41) is 0. The maximum Gasteiger partial charge on any atom is 0.130 e. The van der Waals surface area contributed by atoms with Gasteiger partial charge in [0.1, 0.15) is 6.67 Å². The smallest absolute Gasteiger partial charge is 0.130 e. The van der Waals surface area contributed by atoms with Crippen molar-refractivity contribution in [3.05, 3.63) is 6.67 Å². The highest BCUT2D eigenvalue weighted by atomic mass is 16.8. The Hall–Kier alpha value is -0.160. The molecule has 1 radical (unpaired) electrons. The van der Waals surface area contributed by atoms with Crippen LogP contribution in [0, 0.1) is 6.67 Å². The van der Waals surface area contributed by atoms with Crippen molar-refractivity contribution in [3.63, 3.8) is 0 Å². The predicted molar refractivity (Wildman–Crippen MR) is 14.8 cm³/mol. The summed E-state index contributed by atoms with van der Waals surface area (Å²) in [6, 6.07) is 0. The fraction of sp³-hybridized carbons (Fsp3) is 0. The van der Waals surface area contributed by atoms with E-state index in [2.05, 4.69) is 21.4 Å². The molecule has 1 aliphatic rings. The summed E-state index contributed by atoms with van der Waals surface area (Å²) in [4.78, 5) is 4.28. The van der Waals surface area contributed by atoms with E-state index in [0.29, 0.717) is 0 Å². The molecular formula is CH4N3O. The Bertz CT molecular complexity index is 18.5. The van der Waals surface area contributed by atoms with Gasteiger partial charge in [-0.15, -0.1) is 5.59 Å². The second-order valence-corrected chi connectivity index (χ2v) is 0.611. The van der Waals surface area contributed by atoms with Crippen molar-refractivity contribution in [1.82, 2.24) is 16.5 Å². The Morgan fingerprint density at radius 1 is 1.60 bits per heavy atom. The minimum absolute atomic E-state index is 1.53. The molecule has 1 saturated heterocycles. The molecule has 4 heteroatoms. The summed E-state index contributed by atoms with van der Waals surface area (Å²) in [5.41, 5.74) is 7.19. The summed E-state index contributed by atoms with van der Waals surface area (Å²) in [7, 11) is 0. The summed E-state index contributed by atoms with van der Waals surface area (Å²) >= 11 is 0. The highest BCUT2D eigenvalue weighted by Crippen LogP contribution is 1.62. The van der Waals surface area contributed by atoms with E-state index in [1.54, 1.807) is 0 Å². The van der Waals surface area contributed by atoms with E-state index in [1.165, 1.54) is 6.67 Å². The molecule has 0 atom stereocenters. The molecule has 5 heavy (non-hydrogen) atoms. The van der Waals surface area contributed by atoms with Gasteiger partial charge in [-0.3, -0.25) is 0 Å². The van der Waals surface area contributed by atoms with Crippen molar-refractivity contribution < 1.29 is 4.94 Å². The summed E-state index contributed by atoms with van der Waals surface area (Å²) in [6.45, 7) is 1.53. The van der Waals surface area contributed by atoms with E-state index in [0.717, 1.165) is 0 Å². The van der Waals surface area contributed by atoms with Crippen molar-refractivity contribution in [2.75, 3.05) is 0 Å². The Balaban J connectivity index is 2.08. The Labute approximate surface area is 29.4 Å².